The predicted octanol–water partition coefficient (Wildman–Crippen LogP) is 1.08. The van der Waals surface area contributed by atoms with Crippen molar-refractivity contribution in [2.24, 2.45) is 17.8 Å². The van der Waals surface area contributed by atoms with E-state index >= 15 is 0 Å². The Morgan fingerprint density at radius 1 is 1.06 bits per heavy atom. The molecule has 0 aromatic carbocycles. The average molecular weight is 450 g/mol. The maximum atomic E-state index is 13.6. The first kappa shape index (κ1) is 24.5. The zero-order chi connectivity index (χ0) is 23.6. The third-order valence-corrected chi connectivity index (χ3v) is 7.08. The number of rotatable bonds is 7. The van der Waals surface area contributed by atoms with Gasteiger partial charge in [0.05, 0.1) is 6.04 Å². The van der Waals surface area contributed by atoms with Gasteiger partial charge >= 0.3 is 6.03 Å². The Morgan fingerprint density at radius 2 is 1.72 bits per heavy atom. The van der Waals surface area contributed by atoms with E-state index in [9.17, 15) is 19.2 Å². The summed E-state index contributed by atoms with van der Waals surface area (Å²) in [7, 11) is 0. The second-order valence-corrected chi connectivity index (χ2v) is 10.5. The van der Waals surface area contributed by atoms with Gasteiger partial charge in [0.2, 0.25) is 11.8 Å². The van der Waals surface area contributed by atoms with E-state index in [1.807, 2.05) is 4.90 Å². The first-order valence-electron chi connectivity index (χ1n) is 12.0. The molecule has 0 spiro atoms. The van der Waals surface area contributed by atoms with Crippen LogP contribution in [0.1, 0.15) is 60.3 Å². The van der Waals surface area contributed by atoms with Crippen LogP contribution in [0.25, 0.3) is 0 Å². The highest BCUT2D eigenvalue weighted by Gasteiger charge is 2.49. The maximum Gasteiger partial charge on any atom is 0.322 e. The number of urea groups is 1. The van der Waals surface area contributed by atoms with Gasteiger partial charge in [-0.1, -0.05) is 27.7 Å². The molecule has 9 heteroatoms. The van der Waals surface area contributed by atoms with Gasteiger partial charge in [-0.2, -0.15) is 0 Å². The molecule has 180 valence electrons. The van der Waals surface area contributed by atoms with E-state index in [1.54, 1.807) is 11.8 Å². The van der Waals surface area contributed by atoms with Crippen molar-refractivity contribution >= 4 is 23.8 Å². The Hall–Kier alpha value is -2.16. The molecular formula is C23H39N5O4. The van der Waals surface area contributed by atoms with Gasteiger partial charge in [0, 0.05) is 26.2 Å². The summed E-state index contributed by atoms with van der Waals surface area (Å²) in [5.41, 5.74) is -0.928. The van der Waals surface area contributed by atoms with Crippen LogP contribution in [0.15, 0.2) is 0 Å². The average Bonchev–Trinajstić information content (AvgIpc) is 2.99. The van der Waals surface area contributed by atoms with Crippen molar-refractivity contribution in [3.63, 3.8) is 0 Å². The van der Waals surface area contributed by atoms with Crippen LogP contribution in [0.3, 0.4) is 0 Å². The largest absolute Gasteiger partial charge is 0.341 e. The molecule has 0 aromatic rings. The summed E-state index contributed by atoms with van der Waals surface area (Å²) in [4.78, 5) is 54.3. The summed E-state index contributed by atoms with van der Waals surface area (Å²) in [6, 6.07) is -1.15. The number of piperidine rings is 1. The quantitative estimate of drug-likeness (QED) is 0.504. The molecule has 5 amide bonds. The molecular weight excluding hydrogens is 410 g/mol. The smallest absolute Gasteiger partial charge is 0.322 e. The molecule has 0 saturated carbocycles. The zero-order valence-electron chi connectivity index (χ0n) is 20.1. The molecule has 3 aliphatic rings. The number of nitrogens with zero attached hydrogens (tertiary/aromatic N) is 2. The van der Waals surface area contributed by atoms with E-state index < -0.39 is 17.6 Å². The van der Waals surface area contributed by atoms with Gasteiger partial charge in [0.1, 0.15) is 11.6 Å². The molecule has 3 aliphatic heterocycles. The highest BCUT2D eigenvalue weighted by Crippen LogP contribution is 2.31. The van der Waals surface area contributed by atoms with Crippen molar-refractivity contribution in [1.82, 2.24) is 25.8 Å². The molecule has 0 unspecified atom stereocenters. The first-order chi connectivity index (χ1) is 15.0. The Labute approximate surface area is 191 Å². The molecule has 9 nitrogen and oxygen atoms in total. The van der Waals surface area contributed by atoms with Gasteiger partial charge < -0.3 is 20.4 Å². The molecule has 0 radical (unpaired) electrons. The molecule has 3 fully saturated rings. The fourth-order valence-corrected chi connectivity index (χ4v) is 5.26. The van der Waals surface area contributed by atoms with Crippen LogP contribution < -0.4 is 16.0 Å². The number of hydrogen-bond acceptors (Lipinski definition) is 5. The van der Waals surface area contributed by atoms with Crippen molar-refractivity contribution in [2.45, 2.75) is 77.9 Å². The maximum absolute atomic E-state index is 13.6. The third-order valence-electron chi connectivity index (χ3n) is 7.08. The normalized spacial score (nSPS) is 28.3. The summed E-state index contributed by atoms with van der Waals surface area (Å²) < 4.78 is 0. The van der Waals surface area contributed by atoms with Gasteiger partial charge in [-0.3, -0.25) is 19.7 Å². The van der Waals surface area contributed by atoms with E-state index in [2.05, 4.69) is 43.6 Å². The summed E-state index contributed by atoms with van der Waals surface area (Å²) >= 11 is 0. The lowest BCUT2D eigenvalue weighted by atomic mass is 9.79. The molecule has 3 saturated heterocycles. The van der Waals surface area contributed by atoms with E-state index in [0.717, 1.165) is 6.42 Å². The Bertz CT molecular complexity index is 747. The van der Waals surface area contributed by atoms with E-state index in [4.69, 9.17) is 0 Å². The summed E-state index contributed by atoms with van der Waals surface area (Å²) in [5, 5.41) is 8.40. The summed E-state index contributed by atoms with van der Waals surface area (Å²) in [5.74, 6) is 0.371. The van der Waals surface area contributed by atoms with Crippen LogP contribution in [-0.2, 0) is 14.4 Å². The third kappa shape index (κ3) is 5.08. The standard InChI is InChI=1S/C23H39N5O4/c1-14(2)12-17-19(29)28(11-8-24-17)18(13-15(3)4)20(30)27-9-6-16(7-10-27)23(5)21(31)25-22(32)26-23/h14-18,24H,6-13H2,1-5H3,(H2,25,26,31,32)/t17-,18-,23+/m0/s1. The van der Waals surface area contributed by atoms with Crippen molar-refractivity contribution in [1.29, 1.82) is 0 Å². The molecule has 0 bridgehead atoms. The minimum absolute atomic E-state index is 0.000703. The molecule has 3 atom stereocenters. The molecule has 3 N–H and O–H groups in total. The Kier molecular flexibility index (Phi) is 7.47. The zero-order valence-corrected chi connectivity index (χ0v) is 20.1. The van der Waals surface area contributed by atoms with Gasteiger partial charge in [-0.05, 0) is 50.4 Å². The van der Waals surface area contributed by atoms with E-state index in [1.165, 1.54) is 0 Å². The number of amides is 5. The second-order valence-electron chi connectivity index (χ2n) is 10.5. The lowest BCUT2D eigenvalue weighted by Gasteiger charge is -2.43. The fraction of sp³-hybridized carbons (Fsp3) is 0.826. The van der Waals surface area contributed by atoms with Crippen molar-refractivity contribution in [3.8, 4) is 0 Å². The Morgan fingerprint density at radius 3 is 2.25 bits per heavy atom. The fourth-order valence-electron chi connectivity index (χ4n) is 5.26. The number of nitrogens with one attached hydrogen (secondary N) is 3. The first-order valence-corrected chi connectivity index (χ1v) is 12.0. The van der Waals surface area contributed by atoms with E-state index in [0.29, 0.717) is 51.4 Å². The van der Waals surface area contributed by atoms with Crippen molar-refractivity contribution < 1.29 is 19.2 Å². The van der Waals surface area contributed by atoms with Crippen LogP contribution >= 0.6 is 0 Å². The molecule has 3 rings (SSSR count). The van der Waals surface area contributed by atoms with Gasteiger partial charge in [-0.25, -0.2) is 4.79 Å². The number of hydrogen-bond donors (Lipinski definition) is 3. The highest BCUT2D eigenvalue weighted by molar-refractivity contribution is 6.07. The van der Waals surface area contributed by atoms with Gasteiger partial charge in [0.25, 0.3) is 5.91 Å². The SMILES string of the molecule is CC(C)C[C@@H]1NCCN([C@@H](CC(C)C)C(=O)N2CCC([C@@]3(C)NC(=O)NC3=O)CC2)C1=O. The van der Waals surface area contributed by atoms with E-state index in [-0.39, 0.29) is 35.6 Å². The molecule has 0 aromatic heterocycles. The van der Waals surface area contributed by atoms with Gasteiger partial charge in [0.15, 0.2) is 0 Å². The predicted molar refractivity (Wildman–Crippen MR) is 121 cm³/mol. The minimum Gasteiger partial charge on any atom is -0.341 e. The van der Waals surface area contributed by atoms with Crippen LogP contribution in [0, 0.1) is 17.8 Å². The topological polar surface area (TPSA) is 111 Å². The lowest BCUT2D eigenvalue weighted by Crippen LogP contribution is -2.62. The van der Waals surface area contributed by atoms with Gasteiger partial charge in [-0.15, -0.1) is 0 Å². The number of piperazine rings is 1. The van der Waals surface area contributed by atoms with Crippen LogP contribution in [-0.4, -0.2) is 77.4 Å². The van der Waals surface area contributed by atoms with Crippen molar-refractivity contribution in [3.05, 3.63) is 0 Å². The summed E-state index contributed by atoms with van der Waals surface area (Å²) in [6.07, 6.45) is 2.66. The summed E-state index contributed by atoms with van der Waals surface area (Å²) in [6.45, 7) is 12.4. The molecule has 3 heterocycles. The number of carbonyl (C=O) groups is 4. The van der Waals surface area contributed by atoms with Crippen LogP contribution in [0.2, 0.25) is 0 Å². The number of imide groups is 1. The van der Waals surface area contributed by atoms with Crippen LogP contribution in [0.4, 0.5) is 4.79 Å². The Balaban J connectivity index is 1.68. The number of likely N-dealkylation sites (tertiary alicyclic amines) is 1. The second kappa shape index (κ2) is 9.77. The molecule has 32 heavy (non-hydrogen) atoms. The number of carbonyl (C=O) groups excluding carboxylic acids is 4. The van der Waals surface area contributed by atoms with Crippen LogP contribution in [0.5, 0.6) is 0 Å². The molecule has 0 aliphatic carbocycles. The lowest BCUT2D eigenvalue weighted by molar-refractivity contribution is -0.150. The van der Waals surface area contributed by atoms with Crippen molar-refractivity contribution in [2.75, 3.05) is 26.2 Å². The highest BCUT2D eigenvalue weighted by atomic mass is 16.2. The minimum atomic E-state index is -0.928. The monoisotopic (exact) mass is 449 g/mol.